The first kappa shape index (κ1) is 17.9. The molecular formula is C14H22N2O6. The molecule has 8 nitrogen and oxygen atoms in total. The second-order valence-electron chi connectivity index (χ2n) is 4.99. The number of carbonyl (C=O) groups is 4. The molecule has 1 aliphatic rings. The summed E-state index contributed by atoms with van der Waals surface area (Å²) in [6.07, 6.45) is 0.448. The number of rotatable bonds is 6. The fourth-order valence-electron chi connectivity index (χ4n) is 2.54. The summed E-state index contributed by atoms with van der Waals surface area (Å²) >= 11 is 0. The molecule has 22 heavy (non-hydrogen) atoms. The summed E-state index contributed by atoms with van der Waals surface area (Å²) in [6, 6.07) is -1.39. The van der Waals surface area contributed by atoms with Gasteiger partial charge < -0.3 is 20.1 Å². The van der Waals surface area contributed by atoms with Gasteiger partial charge in [0.05, 0.1) is 38.1 Å². The lowest BCUT2D eigenvalue weighted by Crippen LogP contribution is -2.73. The van der Waals surface area contributed by atoms with Crippen LogP contribution >= 0.6 is 0 Å². The molecule has 1 saturated carbocycles. The van der Waals surface area contributed by atoms with Gasteiger partial charge in [-0.1, -0.05) is 13.8 Å². The lowest BCUT2D eigenvalue weighted by atomic mass is 9.64. The van der Waals surface area contributed by atoms with Crippen LogP contribution in [0.1, 0.15) is 26.7 Å². The minimum Gasteiger partial charge on any atom is -0.469 e. The third-order valence-corrected chi connectivity index (χ3v) is 3.79. The third-order valence-electron chi connectivity index (χ3n) is 3.79. The molecule has 1 fully saturated rings. The van der Waals surface area contributed by atoms with E-state index >= 15 is 0 Å². The van der Waals surface area contributed by atoms with Crippen LogP contribution in [0.25, 0.3) is 0 Å². The van der Waals surface area contributed by atoms with Crippen molar-refractivity contribution in [1.82, 2.24) is 10.6 Å². The second-order valence-corrected chi connectivity index (χ2v) is 4.99. The Bertz CT molecular complexity index is 422. The summed E-state index contributed by atoms with van der Waals surface area (Å²) in [5, 5.41) is 5.32. The predicted octanol–water partition coefficient (Wildman–Crippen LogP) is -0.632. The van der Waals surface area contributed by atoms with E-state index in [1.165, 1.54) is 14.2 Å². The third kappa shape index (κ3) is 3.55. The average Bonchev–Trinajstić information content (AvgIpc) is 2.53. The highest BCUT2D eigenvalue weighted by Gasteiger charge is 2.59. The van der Waals surface area contributed by atoms with E-state index < -0.39 is 35.9 Å². The Labute approximate surface area is 128 Å². The van der Waals surface area contributed by atoms with Crippen LogP contribution < -0.4 is 10.6 Å². The Morgan fingerprint density at radius 3 is 1.32 bits per heavy atom. The zero-order valence-corrected chi connectivity index (χ0v) is 13.2. The monoisotopic (exact) mass is 314 g/mol. The lowest BCUT2D eigenvalue weighted by molar-refractivity contribution is -0.171. The molecule has 1 aliphatic carbocycles. The van der Waals surface area contributed by atoms with Gasteiger partial charge in [-0.15, -0.1) is 0 Å². The number of hydrogen-bond acceptors (Lipinski definition) is 6. The number of carbonyl (C=O) groups excluding carboxylic acids is 4. The van der Waals surface area contributed by atoms with Crippen molar-refractivity contribution in [3.8, 4) is 0 Å². The summed E-state index contributed by atoms with van der Waals surface area (Å²) in [4.78, 5) is 47.1. The molecule has 124 valence electrons. The predicted molar refractivity (Wildman–Crippen MR) is 75.5 cm³/mol. The molecule has 4 unspecified atom stereocenters. The van der Waals surface area contributed by atoms with Gasteiger partial charge in [-0.05, 0) is 0 Å². The molecule has 2 amide bonds. The van der Waals surface area contributed by atoms with Crippen molar-refractivity contribution in [2.75, 3.05) is 14.2 Å². The first-order chi connectivity index (χ1) is 10.4. The van der Waals surface area contributed by atoms with Crippen LogP contribution in [0.4, 0.5) is 0 Å². The topological polar surface area (TPSA) is 111 Å². The molecule has 8 heteroatoms. The number of amides is 2. The molecule has 0 spiro atoms. The molecule has 4 atom stereocenters. The van der Waals surface area contributed by atoms with Crippen LogP contribution in [0.3, 0.4) is 0 Å². The van der Waals surface area contributed by atoms with E-state index in [2.05, 4.69) is 10.6 Å². The van der Waals surface area contributed by atoms with E-state index in [4.69, 9.17) is 9.47 Å². The Balaban J connectivity index is 3.03. The normalized spacial score (nSPS) is 26.4. The Morgan fingerprint density at radius 1 is 0.773 bits per heavy atom. The number of esters is 2. The second kappa shape index (κ2) is 7.77. The molecule has 0 radical (unpaired) electrons. The van der Waals surface area contributed by atoms with Crippen LogP contribution in [0, 0.1) is 11.8 Å². The Hall–Kier alpha value is -2.12. The van der Waals surface area contributed by atoms with Crippen molar-refractivity contribution in [3.05, 3.63) is 0 Å². The van der Waals surface area contributed by atoms with Gasteiger partial charge in [-0.25, -0.2) is 0 Å². The number of methoxy groups -OCH3 is 2. The van der Waals surface area contributed by atoms with Gasteiger partial charge >= 0.3 is 11.9 Å². The SMILES string of the molecule is CCC(=O)NC1C(NC(=O)CC)C(C(=O)OC)C1C(=O)OC. The summed E-state index contributed by atoms with van der Waals surface area (Å²) in [5.74, 6) is -3.57. The van der Waals surface area contributed by atoms with Crippen molar-refractivity contribution in [2.45, 2.75) is 38.8 Å². The Morgan fingerprint density at radius 2 is 1.09 bits per heavy atom. The quantitative estimate of drug-likeness (QED) is 0.631. The number of nitrogens with one attached hydrogen (secondary N) is 2. The standard InChI is InChI=1S/C14H22N2O6/c1-5-7(17)15-11-9(13(19)21-3)10(14(20)22-4)12(11)16-8(18)6-2/h9-12H,5-6H2,1-4H3,(H,15,17)(H,16,18). The summed E-state index contributed by atoms with van der Waals surface area (Å²) in [5.41, 5.74) is 0. The van der Waals surface area contributed by atoms with Crippen molar-refractivity contribution in [3.63, 3.8) is 0 Å². The van der Waals surface area contributed by atoms with Gasteiger partial charge in [0.1, 0.15) is 0 Å². The minimum absolute atomic E-state index is 0.224. The summed E-state index contributed by atoms with van der Waals surface area (Å²) in [7, 11) is 2.40. The highest BCUT2D eigenvalue weighted by molar-refractivity contribution is 5.89. The molecule has 0 bridgehead atoms. The van der Waals surface area contributed by atoms with Crippen LogP contribution in [0.15, 0.2) is 0 Å². The van der Waals surface area contributed by atoms with Crippen molar-refractivity contribution in [2.24, 2.45) is 11.8 Å². The van der Waals surface area contributed by atoms with Crippen LogP contribution in [-0.2, 0) is 28.7 Å². The van der Waals surface area contributed by atoms with Crippen LogP contribution in [-0.4, -0.2) is 50.1 Å². The van der Waals surface area contributed by atoms with Crippen molar-refractivity contribution in [1.29, 1.82) is 0 Å². The van der Waals surface area contributed by atoms with E-state index in [-0.39, 0.29) is 24.7 Å². The zero-order valence-electron chi connectivity index (χ0n) is 13.2. The first-order valence-electron chi connectivity index (χ1n) is 7.15. The molecule has 2 N–H and O–H groups in total. The van der Waals surface area contributed by atoms with Crippen LogP contribution in [0.2, 0.25) is 0 Å². The molecule has 1 rings (SSSR count). The van der Waals surface area contributed by atoms with E-state index in [0.717, 1.165) is 0 Å². The van der Waals surface area contributed by atoms with Gasteiger partial charge in [-0.3, -0.25) is 19.2 Å². The first-order valence-corrected chi connectivity index (χ1v) is 7.15. The summed E-state index contributed by atoms with van der Waals surface area (Å²) < 4.78 is 9.39. The summed E-state index contributed by atoms with van der Waals surface area (Å²) in [6.45, 7) is 3.33. The molecule has 0 aromatic heterocycles. The number of hydrogen-bond donors (Lipinski definition) is 2. The van der Waals surface area contributed by atoms with Crippen molar-refractivity contribution < 1.29 is 28.7 Å². The van der Waals surface area contributed by atoms with Gasteiger partial charge in [0, 0.05) is 12.8 Å². The highest BCUT2D eigenvalue weighted by atomic mass is 16.5. The molecule has 0 aliphatic heterocycles. The minimum atomic E-state index is -0.880. The van der Waals surface area contributed by atoms with Gasteiger partial charge in [0.2, 0.25) is 11.8 Å². The maximum Gasteiger partial charge on any atom is 0.311 e. The number of ether oxygens (including phenoxy) is 2. The van der Waals surface area contributed by atoms with E-state index in [0.29, 0.717) is 0 Å². The van der Waals surface area contributed by atoms with Crippen molar-refractivity contribution >= 4 is 23.8 Å². The van der Waals surface area contributed by atoms with E-state index in [9.17, 15) is 19.2 Å². The van der Waals surface area contributed by atoms with E-state index in [1.807, 2.05) is 0 Å². The average molecular weight is 314 g/mol. The Kier molecular flexibility index (Phi) is 6.33. The lowest BCUT2D eigenvalue weighted by Gasteiger charge is -2.48. The largest absolute Gasteiger partial charge is 0.469 e. The molecule has 0 heterocycles. The maximum absolute atomic E-state index is 11.9. The van der Waals surface area contributed by atoms with Crippen LogP contribution in [0.5, 0.6) is 0 Å². The fraction of sp³-hybridized carbons (Fsp3) is 0.714. The van der Waals surface area contributed by atoms with E-state index in [1.54, 1.807) is 13.8 Å². The van der Waals surface area contributed by atoms with Gasteiger partial charge in [0.15, 0.2) is 0 Å². The smallest absolute Gasteiger partial charge is 0.311 e. The molecule has 0 aromatic rings. The fourth-order valence-corrected chi connectivity index (χ4v) is 2.54. The molecular weight excluding hydrogens is 292 g/mol. The molecule has 0 aromatic carbocycles. The maximum atomic E-state index is 11.9. The van der Waals surface area contributed by atoms with Gasteiger partial charge in [0.25, 0.3) is 0 Å². The zero-order chi connectivity index (χ0) is 16.9. The van der Waals surface area contributed by atoms with Gasteiger partial charge in [-0.2, -0.15) is 0 Å². The molecule has 0 saturated heterocycles. The highest BCUT2D eigenvalue weighted by Crippen LogP contribution is 2.37.